The molecule has 0 unspecified atom stereocenters. The minimum Gasteiger partial charge on any atom is -0.442 e. The summed E-state index contributed by atoms with van der Waals surface area (Å²) in [5, 5.41) is 13.8. The highest BCUT2D eigenvalue weighted by Gasteiger charge is 2.32. The predicted octanol–water partition coefficient (Wildman–Crippen LogP) is 0.587. The molecule has 0 spiro atoms. The lowest BCUT2D eigenvalue weighted by Gasteiger charge is -2.14. The number of methoxy groups -OCH3 is 1. The first-order valence-corrected chi connectivity index (χ1v) is 8.27. The van der Waals surface area contributed by atoms with Gasteiger partial charge in [0, 0.05) is 14.0 Å². The van der Waals surface area contributed by atoms with Crippen LogP contribution in [0.15, 0.2) is 18.2 Å². The maximum absolute atomic E-state index is 14.7. The SMILES string of the molecule is COCCn1nnnc1-c1ccc(N2C[C@H](CNC(C)=O)OC2=O)cc1F. The third-order valence-electron chi connectivity index (χ3n) is 4.00. The number of amides is 2. The number of rotatable bonds is 7. The Morgan fingerprint density at radius 3 is 3.00 bits per heavy atom. The van der Waals surface area contributed by atoms with E-state index in [-0.39, 0.29) is 30.4 Å². The fourth-order valence-corrected chi connectivity index (χ4v) is 2.68. The van der Waals surface area contributed by atoms with Crippen LogP contribution >= 0.6 is 0 Å². The Hall–Kier alpha value is -3.08. The highest BCUT2D eigenvalue weighted by Crippen LogP contribution is 2.27. The van der Waals surface area contributed by atoms with Crippen molar-refractivity contribution in [1.29, 1.82) is 0 Å². The van der Waals surface area contributed by atoms with Crippen LogP contribution in [0.4, 0.5) is 14.9 Å². The van der Waals surface area contributed by atoms with Crippen molar-refractivity contribution < 1.29 is 23.5 Å². The number of nitrogens with one attached hydrogen (secondary N) is 1. The minimum atomic E-state index is -0.595. The summed E-state index contributed by atoms with van der Waals surface area (Å²) in [7, 11) is 1.55. The van der Waals surface area contributed by atoms with E-state index < -0.39 is 18.0 Å². The fourth-order valence-electron chi connectivity index (χ4n) is 2.68. The van der Waals surface area contributed by atoms with E-state index in [0.29, 0.717) is 18.8 Å². The van der Waals surface area contributed by atoms with Gasteiger partial charge in [-0.2, -0.15) is 0 Å². The molecule has 1 aliphatic rings. The van der Waals surface area contributed by atoms with Gasteiger partial charge in [-0.1, -0.05) is 0 Å². The molecule has 1 aromatic carbocycles. The molecule has 144 valence electrons. The maximum Gasteiger partial charge on any atom is 0.414 e. The van der Waals surface area contributed by atoms with E-state index in [2.05, 4.69) is 20.8 Å². The number of cyclic esters (lactones) is 1. The molecule has 0 bridgehead atoms. The highest BCUT2D eigenvalue weighted by molar-refractivity contribution is 5.90. The molecule has 1 atom stereocenters. The molecule has 10 nitrogen and oxygen atoms in total. The van der Waals surface area contributed by atoms with Gasteiger partial charge in [0.1, 0.15) is 11.9 Å². The quantitative estimate of drug-likeness (QED) is 0.750. The normalized spacial score (nSPS) is 16.5. The summed E-state index contributed by atoms with van der Waals surface area (Å²) < 4.78 is 26.3. The molecule has 0 aliphatic carbocycles. The predicted molar refractivity (Wildman–Crippen MR) is 91.4 cm³/mol. The Labute approximate surface area is 154 Å². The molecule has 2 heterocycles. The molecule has 11 heteroatoms. The fraction of sp³-hybridized carbons (Fsp3) is 0.438. The van der Waals surface area contributed by atoms with Crippen LogP contribution in [0.1, 0.15) is 6.92 Å². The number of hydrogen-bond donors (Lipinski definition) is 1. The summed E-state index contributed by atoms with van der Waals surface area (Å²) >= 11 is 0. The van der Waals surface area contributed by atoms with Crippen molar-refractivity contribution in [2.75, 3.05) is 31.7 Å². The van der Waals surface area contributed by atoms with Gasteiger partial charge < -0.3 is 14.8 Å². The second-order valence-corrected chi connectivity index (χ2v) is 5.94. The average Bonchev–Trinajstić information content (AvgIpc) is 3.24. The van der Waals surface area contributed by atoms with Crippen molar-refractivity contribution in [3.63, 3.8) is 0 Å². The van der Waals surface area contributed by atoms with E-state index in [1.54, 1.807) is 13.2 Å². The maximum atomic E-state index is 14.7. The molecule has 0 radical (unpaired) electrons. The lowest BCUT2D eigenvalue weighted by Crippen LogP contribution is -2.33. The standard InChI is InChI=1S/C16H19FN6O4/c1-10(24)18-8-12-9-22(16(25)27-12)11-3-4-13(14(17)7-11)15-19-20-21-23(15)5-6-26-2/h3-4,7,12H,5-6,8-9H2,1-2H3,(H,18,24)/t12-/m0/s1. The first-order chi connectivity index (χ1) is 13.0. The van der Waals surface area contributed by atoms with E-state index in [9.17, 15) is 14.0 Å². The number of carbonyl (C=O) groups is 2. The van der Waals surface area contributed by atoms with Crippen molar-refractivity contribution in [3.8, 4) is 11.4 Å². The largest absolute Gasteiger partial charge is 0.442 e. The van der Waals surface area contributed by atoms with Crippen molar-refractivity contribution >= 4 is 17.7 Å². The summed E-state index contributed by atoms with van der Waals surface area (Å²) in [6, 6.07) is 4.33. The van der Waals surface area contributed by atoms with E-state index in [1.807, 2.05) is 0 Å². The number of hydrogen-bond acceptors (Lipinski definition) is 7. The molecule has 1 fully saturated rings. The number of benzene rings is 1. The molecule has 1 N–H and O–H groups in total. The number of anilines is 1. The topological polar surface area (TPSA) is 111 Å². The third kappa shape index (κ3) is 4.19. The Kier molecular flexibility index (Phi) is 5.60. The van der Waals surface area contributed by atoms with E-state index in [4.69, 9.17) is 9.47 Å². The molecular formula is C16H19FN6O4. The summed E-state index contributed by atoms with van der Waals surface area (Å²) in [4.78, 5) is 24.3. The first-order valence-electron chi connectivity index (χ1n) is 8.27. The molecule has 2 aromatic rings. The summed E-state index contributed by atoms with van der Waals surface area (Å²) in [5.74, 6) is -0.520. The van der Waals surface area contributed by atoms with Crippen LogP contribution in [0.3, 0.4) is 0 Å². The summed E-state index contributed by atoms with van der Waals surface area (Å²) in [6.45, 7) is 2.55. The van der Waals surface area contributed by atoms with Crippen molar-refractivity contribution in [3.05, 3.63) is 24.0 Å². The smallest absolute Gasteiger partial charge is 0.414 e. The van der Waals surface area contributed by atoms with Crippen molar-refractivity contribution in [2.24, 2.45) is 0 Å². The average molecular weight is 378 g/mol. The van der Waals surface area contributed by atoms with Crippen LogP contribution in [0.2, 0.25) is 0 Å². The van der Waals surface area contributed by atoms with Gasteiger partial charge in [-0.25, -0.2) is 13.9 Å². The van der Waals surface area contributed by atoms with E-state index >= 15 is 0 Å². The van der Waals surface area contributed by atoms with Crippen LogP contribution in [0, 0.1) is 5.82 Å². The Balaban J connectivity index is 1.76. The molecule has 3 rings (SSSR count). The van der Waals surface area contributed by atoms with Crippen LogP contribution < -0.4 is 10.2 Å². The number of nitrogens with zero attached hydrogens (tertiary/aromatic N) is 5. The molecular weight excluding hydrogens is 359 g/mol. The summed E-state index contributed by atoms with van der Waals surface area (Å²) in [5.41, 5.74) is 0.560. The number of carbonyl (C=O) groups excluding carboxylic acids is 2. The van der Waals surface area contributed by atoms with Crippen LogP contribution in [0.5, 0.6) is 0 Å². The van der Waals surface area contributed by atoms with Crippen LogP contribution in [0.25, 0.3) is 11.4 Å². The highest BCUT2D eigenvalue weighted by atomic mass is 19.1. The van der Waals surface area contributed by atoms with Gasteiger partial charge in [0.05, 0.1) is 37.5 Å². The van der Waals surface area contributed by atoms with Gasteiger partial charge in [0.15, 0.2) is 5.82 Å². The van der Waals surface area contributed by atoms with Gasteiger partial charge in [0.25, 0.3) is 0 Å². The number of tetrazole rings is 1. The van der Waals surface area contributed by atoms with Gasteiger partial charge in [0.2, 0.25) is 5.91 Å². The lowest BCUT2D eigenvalue weighted by molar-refractivity contribution is -0.119. The van der Waals surface area contributed by atoms with Crippen molar-refractivity contribution in [1.82, 2.24) is 25.5 Å². The Morgan fingerprint density at radius 2 is 2.30 bits per heavy atom. The molecule has 2 amide bonds. The van der Waals surface area contributed by atoms with E-state index in [0.717, 1.165) is 0 Å². The van der Waals surface area contributed by atoms with Gasteiger partial charge >= 0.3 is 6.09 Å². The third-order valence-corrected chi connectivity index (χ3v) is 4.00. The van der Waals surface area contributed by atoms with Crippen molar-refractivity contribution in [2.45, 2.75) is 19.6 Å². The zero-order valence-electron chi connectivity index (χ0n) is 14.9. The zero-order valence-corrected chi connectivity index (χ0v) is 14.9. The molecule has 1 aromatic heterocycles. The number of halogens is 1. The second-order valence-electron chi connectivity index (χ2n) is 5.94. The Morgan fingerprint density at radius 1 is 1.48 bits per heavy atom. The van der Waals surface area contributed by atoms with Gasteiger partial charge in [-0.3, -0.25) is 9.69 Å². The lowest BCUT2D eigenvalue weighted by atomic mass is 10.1. The van der Waals surface area contributed by atoms with E-state index in [1.165, 1.54) is 28.6 Å². The number of aromatic nitrogens is 4. The molecule has 0 saturated carbocycles. The summed E-state index contributed by atoms with van der Waals surface area (Å²) in [6.07, 6.45) is -1.09. The second kappa shape index (κ2) is 8.08. The monoisotopic (exact) mass is 378 g/mol. The van der Waals surface area contributed by atoms with Gasteiger partial charge in [-0.05, 0) is 28.6 Å². The van der Waals surface area contributed by atoms with Gasteiger partial charge in [-0.15, -0.1) is 5.10 Å². The molecule has 1 aliphatic heterocycles. The molecule has 1 saturated heterocycles. The Bertz CT molecular complexity index is 842. The number of ether oxygens (including phenoxy) is 2. The van der Waals surface area contributed by atoms with Crippen LogP contribution in [-0.4, -0.2) is 65.1 Å². The zero-order chi connectivity index (χ0) is 19.4. The minimum absolute atomic E-state index is 0.201. The van der Waals surface area contributed by atoms with Crippen LogP contribution in [-0.2, 0) is 20.8 Å². The first kappa shape index (κ1) is 18.7. The molecule has 27 heavy (non-hydrogen) atoms.